The zero-order valence-corrected chi connectivity index (χ0v) is 22.1. The van der Waals surface area contributed by atoms with Crippen molar-refractivity contribution in [2.24, 2.45) is 0 Å². The summed E-state index contributed by atoms with van der Waals surface area (Å²) < 4.78 is 38.3. The lowest BCUT2D eigenvalue weighted by molar-refractivity contribution is 0.0940. The molecule has 35 heavy (non-hydrogen) atoms. The van der Waals surface area contributed by atoms with Crippen molar-refractivity contribution in [3.05, 3.63) is 77.9 Å². The number of rotatable bonds is 10. The quantitative estimate of drug-likeness (QED) is 0.378. The van der Waals surface area contributed by atoms with Crippen LogP contribution in [0.5, 0.6) is 11.5 Å². The Kier molecular flexibility index (Phi) is 8.69. The standard InChI is InChI=1S/C26H30N2O5S2/c1-6-28(35(30,31)23-14-12-22(34-5)13-15-23)21-10-7-19(8-11-21)26(29)27-18(2)20-9-16-24(32-3)25(17-20)33-4/h7-18H,6H2,1-5H3,(H,27,29)/t18-/m1/s1. The molecule has 0 spiro atoms. The van der Waals surface area contributed by atoms with Gasteiger partial charge in [-0.25, -0.2) is 8.42 Å². The van der Waals surface area contributed by atoms with Gasteiger partial charge >= 0.3 is 0 Å². The van der Waals surface area contributed by atoms with Crippen LogP contribution in [0, 0.1) is 0 Å². The van der Waals surface area contributed by atoms with Crippen LogP contribution in [-0.2, 0) is 10.0 Å². The number of nitrogens with one attached hydrogen (secondary N) is 1. The third-order valence-corrected chi connectivity index (χ3v) is 8.27. The normalized spacial score (nSPS) is 12.0. The first-order valence-electron chi connectivity index (χ1n) is 11.0. The minimum atomic E-state index is -3.73. The van der Waals surface area contributed by atoms with Crippen LogP contribution in [0.15, 0.2) is 76.5 Å². The van der Waals surface area contributed by atoms with Crippen LogP contribution >= 0.6 is 11.8 Å². The van der Waals surface area contributed by atoms with Crippen LogP contribution < -0.4 is 19.1 Å². The van der Waals surface area contributed by atoms with E-state index in [-0.39, 0.29) is 23.4 Å². The molecular formula is C26H30N2O5S2. The van der Waals surface area contributed by atoms with Gasteiger partial charge in [0.05, 0.1) is 30.8 Å². The second-order valence-electron chi connectivity index (χ2n) is 7.70. The maximum absolute atomic E-state index is 13.2. The SMILES string of the molecule is CCN(c1ccc(C(=O)N[C@H](C)c2ccc(OC)c(OC)c2)cc1)S(=O)(=O)c1ccc(SC)cc1. The minimum Gasteiger partial charge on any atom is -0.493 e. The Labute approximate surface area is 211 Å². The molecule has 0 aromatic heterocycles. The first-order chi connectivity index (χ1) is 16.7. The Morgan fingerprint density at radius 2 is 1.60 bits per heavy atom. The van der Waals surface area contributed by atoms with Gasteiger partial charge in [-0.2, -0.15) is 0 Å². The molecule has 9 heteroatoms. The lowest BCUT2D eigenvalue weighted by Crippen LogP contribution is -2.31. The molecule has 0 radical (unpaired) electrons. The Morgan fingerprint density at radius 3 is 2.14 bits per heavy atom. The fraction of sp³-hybridized carbons (Fsp3) is 0.269. The average Bonchev–Trinajstić information content (AvgIpc) is 2.88. The molecule has 1 atom stereocenters. The molecule has 0 unspecified atom stereocenters. The third kappa shape index (κ3) is 5.91. The van der Waals surface area contributed by atoms with Crippen LogP contribution in [0.1, 0.15) is 35.8 Å². The molecule has 0 aliphatic carbocycles. The number of anilines is 1. The molecular weight excluding hydrogens is 484 g/mol. The number of amides is 1. The second-order valence-corrected chi connectivity index (χ2v) is 10.4. The number of hydrogen-bond donors (Lipinski definition) is 1. The van der Waals surface area contributed by atoms with Crippen LogP contribution in [0.4, 0.5) is 5.69 Å². The first-order valence-corrected chi connectivity index (χ1v) is 13.7. The molecule has 0 fully saturated rings. The highest BCUT2D eigenvalue weighted by molar-refractivity contribution is 7.98. The number of thioether (sulfide) groups is 1. The van der Waals surface area contributed by atoms with E-state index in [0.717, 1.165) is 10.5 Å². The number of carbonyl (C=O) groups excluding carboxylic acids is 1. The molecule has 3 aromatic rings. The van der Waals surface area contributed by atoms with E-state index in [1.54, 1.807) is 87.5 Å². The van der Waals surface area contributed by atoms with Gasteiger partial charge in [0.2, 0.25) is 0 Å². The predicted molar refractivity (Wildman–Crippen MR) is 140 cm³/mol. The number of hydrogen-bond acceptors (Lipinski definition) is 6. The van der Waals surface area contributed by atoms with Crippen molar-refractivity contribution in [1.82, 2.24) is 5.32 Å². The smallest absolute Gasteiger partial charge is 0.264 e. The molecule has 1 amide bonds. The van der Waals surface area contributed by atoms with Gasteiger partial charge in [-0.3, -0.25) is 9.10 Å². The number of nitrogens with zero attached hydrogens (tertiary/aromatic N) is 1. The van der Waals surface area contributed by atoms with Crippen LogP contribution in [0.25, 0.3) is 0 Å². The summed E-state index contributed by atoms with van der Waals surface area (Å²) >= 11 is 1.55. The monoisotopic (exact) mass is 514 g/mol. The largest absolute Gasteiger partial charge is 0.493 e. The molecule has 186 valence electrons. The topological polar surface area (TPSA) is 84.9 Å². The van der Waals surface area contributed by atoms with E-state index in [2.05, 4.69) is 5.32 Å². The van der Waals surface area contributed by atoms with Gasteiger partial charge in [-0.15, -0.1) is 11.8 Å². The molecule has 0 saturated heterocycles. The fourth-order valence-electron chi connectivity index (χ4n) is 3.63. The molecule has 0 aliphatic rings. The van der Waals surface area contributed by atoms with Crippen molar-refractivity contribution < 1.29 is 22.7 Å². The average molecular weight is 515 g/mol. The lowest BCUT2D eigenvalue weighted by atomic mass is 10.1. The van der Waals surface area contributed by atoms with Crippen molar-refractivity contribution in [3.63, 3.8) is 0 Å². The molecule has 3 rings (SSSR count). The summed E-state index contributed by atoms with van der Waals surface area (Å²) in [7, 11) is -0.599. The number of sulfonamides is 1. The Bertz CT molecular complexity index is 1260. The van der Waals surface area contributed by atoms with Gasteiger partial charge in [0.25, 0.3) is 15.9 Å². The molecule has 1 N–H and O–H groups in total. The van der Waals surface area contributed by atoms with Crippen molar-refractivity contribution in [3.8, 4) is 11.5 Å². The highest BCUT2D eigenvalue weighted by atomic mass is 32.2. The summed E-state index contributed by atoms with van der Waals surface area (Å²) in [5.41, 5.74) is 1.79. The summed E-state index contributed by atoms with van der Waals surface area (Å²) in [6.07, 6.45) is 1.94. The van der Waals surface area contributed by atoms with E-state index in [1.807, 2.05) is 25.3 Å². The van der Waals surface area contributed by atoms with E-state index in [1.165, 1.54) is 4.31 Å². The molecule has 0 bridgehead atoms. The zero-order valence-electron chi connectivity index (χ0n) is 20.4. The number of ether oxygens (including phenoxy) is 2. The van der Waals surface area contributed by atoms with Crippen LogP contribution in [0.3, 0.4) is 0 Å². The van der Waals surface area contributed by atoms with Gasteiger partial charge in [0, 0.05) is 17.0 Å². The van der Waals surface area contributed by atoms with Crippen LogP contribution in [0.2, 0.25) is 0 Å². The number of carbonyl (C=O) groups is 1. The summed E-state index contributed by atoms with van der Waals surface area (Å²) in [5.74, 6) is 0.929. The van der Waals surface area contributed by atoms with E-state index >= 15 is 0 Å². The summed E-state index contributed by atoms with van der Waals surface area (Å²) in [5, 5.41) is 2.96. The van der Waals surface area contributed by atoms with Gasteiger partial charge in [-0.1, -0.05) is 6.07 Å². The number of methoxy groups -OCH3 is 2. The zero-order chi connectivity index (χ0) is 25.6. The number of benzene rings is 3. The van der Waals surface area contributed by atoms with Crippen LogP contribution in [-0.4, -0.2) is 41.3 Å². The summed E-state index contributed by atoms with van der Waals surface area (Å²) in [6.45, 7) is 3.91. The van der Waals surface area contributed by atoms with Gasteiger partial charge in [-0.05, 0) is 86.3 Å². The Hall–Kier alpha value is -3.17. The highest BCUT2D eigenvalue weighted by Gasteiger charge is 2.24. The van der Waals surface area contributed by atoms with Crippen molar-refractivity contribution in [2.75, 3.05) is 31.3 Å². The molecule has 7 nitrogen and oxygen atoms in total. The predicted octanol–water partition coefficient (Wildman–Crippen LogP) is 5.13. The maximum atomic E-state index is 13.2. The fourth-order valence-corrected chi connectivity index (χ4v) is 5.51. The Morgan fingerprint density at radius 1 is 0.971 bits per heavy atom. The molecule has 3 aromatic carbocycles. The lowest BCUT2D eigenvalue weighted by Gasteiger charge is -2.23. The van der Waals surface area contributed by atoms with Gasteiger partial charge in [0.1, 0.15) is 0 Å². The van der Waals surface area contributed by atoms with E-state index in [4.69, 9.17) is 9.47 Å². The molecule has 0 aliphatic heterocycles. The van der Waals surface area contributed by atoms with Gasteiger partial charge in [0.15, 0.2) is 11.5 Å². The minimum absolute atomic E-state index is 0.225. The summed E-state index contributed by atoms with van der Waals surface area (Å²) in [6, 6.07) is 18.5. The van der Waals surface area contributed by atoms with Crippen molar-refractivity contribution in [2.45, 2.75) is 29.7 Å². The van der Waals surface area contributed by atoms with E-state index < -0.39 is 10.0 Å². The Balaban J connectivity index is 1.76. The van der Waals surface area contributed by atoms with E-state index in [9.17, 15) is 13.2 Å². The van der Waals surface area contributed by atoms with E-state index in [0.29, 0.717) is 22.7 Å². The molecule has 0 saturated carbocycles. The first kappa shape index (κ1) is 26.4. The second kappa shape index (κ2) is 11.5. The third-order valence-electron chi connectivity index (χ3n) is 5.61. The maximum Gasteiger partial charge on any atom is 0.264 e. The highest BCUT2D eigenvalue weighted by Crippen LogP contribution is 2.30. The molecule has 0 heterocycles. The van der Waals surface area contributed by atoms with Crippen molar-refractivity contribution >= 4 is 33.4 Å². The van der Waals surface area contributed by atoms with Crippen molar-refractivity contribution in [1.29, 1.82) is 0 Å². The summed E-state index contributed by atoms with van der Waals surface area (Å²) in [4.78, 5) is 14.0. The van der Waals surface area contributed by atoms with Gasteiger partial charge < -0.3 is 14.8 Å².